The second-order valence-corrected chi connectivity index (χ2v) is 7.21. The second kappa shape index (κ2) is 8.69. The van der Waals surface area contributed by atoms with Crippen LogP contribution in [0.5, 0.6) is 5.75 Å². The van der Waals surface area contributed by atoms with Crippen molar-refractivity contribution >= 4 is 33.3 Å². The number of phenols is 1. The van der Waals surface area contributed by atoms with Crippen molar-refractivity contribution in [1.82, 2.24) is 4.98 Å². The Labute approximate surface area is 169 Å². The first-order chi connectivity index (χ1) is 13.0. The zero-order valence-corrected chi connectivity index (χ0v) is 16.6. The lowest BCUT2D eigenvalue weighted by Crippen LogP contribution is -2.06. The molecule has 27 heavy (non-hydrogen) atoms. The van der Waals surface area contributed by atoms with E-state index in [9.17, 15) is 9.50 Å². The minimum absolute atomic E-state index is 0.0467. The summed E-state index contributed by atoms with van der Waals surface area (Å²) in [5.41, 5.74) is 1.78. The van der Waals surface area contributed by atoms with Crippen molar-refractivity contribution in [2.45, 2.75) is 6.42 Å². The van der Waals surface area contributed by atoms with E-state index in [1.807, 2.05) is 0 Å². The van der Waals surface area contributed by atoms with Crippen LogP contribution < -0.4 is 5.32 Å². The molecule has 3 aromatic rings. The molecule has 0 spiro atoms. The van der Waals surface area contributed by atoms with Crippen molar-refractivity contribution in [3.63, 3.8) is 0 Å². The molecule has 3 rings (SSSR count). The van der Waals surface area contributed by atoms with Crippen LogP contribution in [0.3, 0.4) is 0 Å². The highest BCUT2D eigenvalue weighted by Gasteiger charge is 2.15. The van der Waals surface area contributed by atoms with Gasteiger partial charge < -0.3 is 15.5 Å². The van der Waals surface area contributed by atoms with E-state index in [1.165, 1.54) is 6.07 Å². The highest BCUT2D eigenvalue weighted by Crippen LogP contribution is 2.37. The Kier molecular flexibility index (Phi) is 6.31. The maximum Gasteiger partial charge on any atom is 0.132 e. The first-order valence-corrected chi connectivity index (χ1v) is 9.47. The van der Waals surface area contributed by atoms with E-state index in [-0.39, 0.29) is 22.9 Å². The Bertz CT molecular complexity index is 948. The van der Waals surface area contributed by atoms with Gasteiger partial charge in [0.15, 0.2) is 0 Å². The summed E-state index contributed by atoms with van der Waals surface area (Å²) in [7, 11) is 0. The Morgan fingerprint density at radius 1 is 1.15 bits per heavy atom. The highest BCUT2D eigenvalue weighted by atomic mass is 79.9. The number of pyridine rings is 1. The fourth-order valence-corrected chi connectivity index (χ4v) is 3.32. The van der Waals surface area contributed by atoms with Crippen LogP contribution in [-0.4, -0.2) is 28.3 Å². The van der Waals surface area contributed by atoms with E-state index in [1.54, 1.807) is 42.5 Å². The maximum absolute atomic E-state index is 14.4. The lowest BCUT2D eigenvalue weighted by atomic mass is 10.0. The largest absolute Gasteiger partial charge is 0.507 e. The summed E-state index contributed by atoms with van der Waals surface area (Å²) in [5, 5.41) is 22.6. The molecule has 0 amide bonds. The SMILES string of the molecule is OCCCNc1cc(-c2c(F)cccc2Cl)cc(-c2cc(Br)ccc2O)n1. The van der Waals surface area contributed by atoms with Crippen molar-refractivity contribution in [3.05, 3.63) is 63.8 Å². The minimum Gasteiger partial charge on any atom is -0.507 e. The van der Waals surface area contributed by atoms with Gasteiger partial charge in [-0.05, 0) is 54.4 Å². The molecule has 0 aliphatic heterocycles. The van der Waals surface area contributed by atoms with Gasteiger partial charge in [-0.25, -0.2) is 9.37 Å². The van der Waals surface area contributed by atoms with Gasteiger partial charge in [0.25, 0.3) is 0 Å². The Balaban J connectivity index is 2.16. The number of rotatable bonds is 6. The predicted octanol–water partition coefficient (Wildman–Crippen LogP) is 5.47. The Hall–Kier alpha value is -2.15. The van der Waals surface area contributed by atoms with Gasteiger partial charge in [-0.1, -0.05) is 33.6 Å². The normalized spacial score (nSPS) is 10.8. The summed E-state index contributed by atoms with van der Waals surface area (Å²) in [6.07, 6.45) is 0.545. The number of hydrogen-bond acceptors (Lipinski definition) is 4. The van der Waals surface area contributed by atoms with Gasteiger partial charge in [0.05, 0.1) is 10.7 Å². The van der Waals surface area contributed by atoms with Gasteiger partial charge in [-0.2, -0.15) is 0 Å². The van der Waals surface area contributed by atoms with E-state index in [4.69, 9.17) is 16.7 Å². The number of aliphatic hydroxyl groups excluding tert-OH is 1. The van der Waals surface area contributed by atoms with Crippen LogP contribution in [-0.2, 0) is 0 Å². The number of aliphatic hydroxyl groups is 1. The van der Waals surface area contributed by atoms with Crippen molar-refractivity contribution in [1.29, 1.82) is 0 Å². The quantitative estimate of drug-likeness (QED) is 0.435. The molecule has 1 heterocycles. The molecule has 0 bridgehead atoms. The summed E-state index contributed by atoms with van der Waals surface area (Å²) >= 11 is 9.61. The molecule has 0 saturated heterocycles. The molecule has 7 heteroatoms. The van der Waals surface area contributed by atoms with Gasteiger partial charge >= 0.3 is 0 Å². The number of aromatic nitrogens is 1. The number of nitrogens with zero attached hydrogens (tertiary/aromatic N) is 1. The fraction of sp³-hybridized carbons (Fsp3) is 0.150. The molecule has 0 radical (unpaired) electrons. The van der Waals surface area contributed by atoms with Crippen LogP contribution >= 0.6 is 27.5 Å². The first kappa shape index (κ1) is 19.6. The summed E-state index contributed by atoms with van der Waals surface area (Å²) in [6, 6.07) is 12.9. The fourth-order valence-electron chi connectivity index (χ4n) is 2.69. The van der Waals surface area contributed by atoms with Crippen LogP contribution in [0, 0.1) is 5.82 Å². The smallest absolute Gasteiger partial charge is 0.132 e. The summed E-state index contributed by atoms with van der Waals surface area (Å²) in [6.45, 7) is 0.549. The molecule has 1 aromatic heterocycles. The number of nitrogens with one attached hydrogen (secondary N) is 1. The highest BCUT2D eigenvalue weighted by molar-refractivity contribution is 9.10. The molecule has 0 unspecified atom stereocenters. The molecule has 0 aliphatic carbocycles. The standard InChI is InChI=1S/C20H17BrClFN2O2/c21-13-5-6-18(27)14(11-13)17-9-12(10-19(25-17)24-7-2-8-26)20-15(22)3-1-4-16(20)23/h1,3-6,9-11,26-27H,2,7-8H2,(H,24,25). The van der Waals surface area contributed by atoms with E-state index < -0.39 is 5.82 Å². The van der Waals surface area contributed by atoms with Crippen LogP contribution in [0.1, 0.15) is 6.42 Å². The molecule has 0 aliphatic rings. The van der Waals surface area contributed by atoms with Crippen molar-refractivity contribution in [3.8, 4) is 28.1 Å². The third-order valence-corrected chi connectivity index (χ3v) is 4.76. The van der Waals surface area contributed by atoms with Crippen LogP contribution in [0.15, 0.2) is 53.0 Å². The molecule has 3 N–H and O–H groups in total. The van der Waals surface area contributed by atoms with E-state index in [2.05, 4.69) is 26.2 Å². The van der Waals surface area contributed by atoms with Crippen molar-refractivity contribution in [2.75, 3.05) is 18.5 Å². The summed E-state index contributed by atoms with van der Waals surface area (Å²) in [5.74, 6) is 0.109. The topological polar surface area (TPSA) is 65.4 Å². The zero-order chi connectivity index (χ0) is 19.4. The first-order valence-electron chi connectivity index (χ1n) is 8.29. The summed E-state index contributed by atoms with van der Waals surface area (Å²) in [4.78, 5) is 4.52. The van der Waals surface area contributed by atoms with Gasteiger partial charge in [-0.3, -0.25) is 0 Å². The molecular weight excluding hydrogens is 435 g/mol. The van der Waals surface area contributed by atoms with E-state index in [0.717, 1.165) is 4.47 Å². The number of phenolic OH excluding ortho intramolecular Hbond substituents is 1. The minimum atomic E-state index is -0.445. The number of hydrogen-bond donors (Lipinski definition) is 3. The molecule has 2 aromatic carbocycles. The van der Waals surface area contributed by atoms with Crippen molar-refractivity contribution in [2.24, 2.45) is 0 Å². The maximum atomic E-state index is 14.4. The number of anilines is 1. The number of halogens is 3. The zero-order valence-electron chi connectivity index (χ0n) is 14.2. The molecule has 4 nitrogen and oxygen atoms in total. The number of benzene rings is 2. The predicted molar refractivity (Wildman–Crippen MR) is 110 cm³/mol. The lowest BCUT2D eigenvalue weighted by molar-refractivity contribution is 0.292. The van der Waals surface area contributed by atoms with Gasteiger partial charge in [0, 0.05) is 28.8 Å². The summed E-state index contributed by atoms with van der Waals surface area (Å²) < 4.78 is 15.2. The monoisotopic (exact) mass is 450 g/mol. The third-order valence-electron chi connectivity index (χ3n) is 3.95. The molecule has 0 atom stereocenters. The average Bonchev–Trinajstić information content (AvgIpc) is 2.64. The third kappa shape index (κ3) is 4.58. The van der Waals surface area contributed by atoms with Gasteiger partial charge in [-0.15, -0.1) is 0 Å². The van der Waals surface area contributed by atoms with Crippen LogP contribution in [0.2, 0.25) is 5.02 Å². The second-order valence-electron chi connectivity index (χ2n) is 5.89. The molecule has 140 valence electrons. The van der Waals surface area contributed by atoms with Gasteiger partial charge in [0.2, 0.25) is 0 Å². The van der Waals surface area contributed by atoms with E-state index >= 15 is 0 Å². The molecule has 0 fully saturated rings. The lowest BCUT2D eigenvalue weighted by Gasteiger charge is -2.13. The Morgan fingerprint density at radius 3 is 2.70 bits per heavy atom. The number of aromatic hydroxyl groups is 1. The average molecular weight is 452 g/mol. The molecule has 0 saturated carbocycles. The van der Waals surface area contributed by atoms with Crippen molar-refractivity contribution < 1.29 is 14.6 Å². The van der Waals surface area contributed by atoms with Gasteiger partial charge in [0.1, 0.15) is 17.4 Å². The van der Waals surface area contributed by atoms with E-state index in [0.29, 0.717) is 35.6 Å². The van der Waals surface area contributed by atoms with Crippen LogP contribution in [0.25, 0.3) is 22.4 Å². The Morgan fingerprint density at radius 2 is 1.96 bits per heavy atom. The molecular formula is C20H17BrClFN2O2. The van der Waals surface area contributed by atoms with Crippen LogP contribution in [0.4, 0.5) is 10.2 Å².